The summed E-state index contributed by atoms with van der Waals surface area (Å²) in [5.74, 6) is 0. The van der Waals surface area contributed by atoms with Gasteiger partial charge in [-0.1, -0.05) is 0 Å². The minimum absolute atomic E-state index is 0.435. The van der Waals surface area contributed by atoms with Crippen LogP contribution in [0.5, 0.6) is 0 Å². The maximum atomic E-state index is 10.3. The second kappa shape index (κ2) is 4.57. The number of hydrogen-bond donors (Lipinski definition) is 3. The first-order valence-corrected chi connectivity index (χ1v) is 4.83. The first kappa shape index (κ1) is 11.6. The molecule has 0 bridgehead atoms. The molecule has 0 radical (unpaired) electrons. The number of rotatable bonds is 5. The van der Waals surface area contributed by atoms with Crippen LogP contribution in [0.3, 0.4) is 0 Å². The van der Waals surface area contributed by atoms with E-state index in [1.165, 1.54) is 6.92 Å². The van der Waals surface area contributed by atoms with Gasteiger partial charge in [-0.2, -0.15) is 0 Å². The number of amides is 1. The van der Waals surface area contributed by atoms with Crippen LogP contribution in [0.1, 0.15) is 13.8 Å². The predicted octanol–water partition coefficient (Wildman–Crippen LogP) is -0.381. The van der Waals surface area contributed by atoms with Gasteiger partial charge in [-0.15, -0.1) is 0 Å². The molecule has 0 aromatic carbocycles. The molecule has 7 heteroatoms. The van der Waals surface area contributed by atoms with Crippen molar-refractivity contribution in [3.63, 3.8) is 0 Å². The maximum absolute atomic E-state index is 10.3. The van der Waals surface area contributed by atoms with Gasteiger partial charge in [-0.3, -0.25) is 9.32 Å². The Bertz CT molecular complexity index is 190. The third-order valence-electron chi connectivity index (χ3n) is 1.34. The third kappa shape index (κ3) is 5.26. The molecule has 0 spiro atoms. The first-order chi connectivity index (χ1) is 5.37. The molecule has 0 heterocycles. The summed E-state index contributed by atoms with van der Waals surface area (Å²) in [5.41, 5.74) is 0. The molecule has 0 rings (SSSR count). The Morgan fingerprint density at radius 1 is 1.50 bits per heavy atom. The molecule has 0 aliphatic heterocycles. The number of nitrogens with one attached hydrogen (secondary N) is 1. The topological polar surface area (TPSA) is 95.9 Å². The minimum Gasteiger partial charge on any atom is -0.354 e. The molecule has 0 aromatic rings. The van der Waals surface area contributed by atoms with Crippen LogP contribution in [-0.2, 0) is 13.9 Å². The quantitative estimate of drug-likeness (QED) is 0.412. The molecule has 12 heavy (non-hydrogen) atoms. The molecular formula is C5H12NO5P. The molecule has 2 atom stereocenters. The zero-order chi connectivity index (χ0) is 9.78. The van der Waals surface area contributed by atoms with Gasteiger partial charge in [-0.25, -0.2) is 4.57 Å². The molecule has 3 N–H and O–H groups in total. The van der Waals surface area contributed by atoms with E-state index in [0.29, 0.717) is 6.41 Å². The standard InChI is InChI=1S/C5H12NO5P/c1-4(6-3-7)5(2)11-12(8,9)10/h3-5H,1-2H3,(H,6,7)(H2,8,9,10)/t4-,5?/m1/s1. The number of carbonyl (C=O) groups excluding carboxylic acids is 1. The zero-order valence-corrected chi connectivity index (χ0v) is 7.69. The van der Waals surface area contributed by atoms with E-state index in [-0.39, 0.29) is 0 Å². The highest BCUT2D eigenvalue weighted by molar-refractivity contribution is 7.46. The normalized spacial score (nSPS) is 16.7. The Morgan fingerprint density at radius 3 is 2.33 bits per heavy atom. The zero-order valence-electron chi connectivity index (χ0n) is 6.80. The van der Waals surface area contributed by atoms with Gasteiger partial charge < -0.3 is 15.1 Å². The van der Waals surface area contributed by atoms with E-state index >= 15 is 0 Å². The fourth-order valence-corrected chi connectivity index (χ4v) is 1.17. The van der Waals surface area contributed by atoms with Crippen molar-refractivity contribution in [1.82, 2.24) is 5.32 Å². The molecule has 0 fully saturated rings. The molecule has 6 nitrogen and oxygen atoms in total. The maximum Gasteiger partial charge on any atom is 0.469 e. The average Bonchev–Trinajstić information content (AvgIpc) is 1.84. The molecule has 0 aliphatic rings. The minimum atomic E-state index is -4.46. The fraction of sp³-hybridized carbons (Fsp3) is 0.800. The smallest absolute Gasteiger partial charge is 0.354 e. The van der Waals surface area contributed by atoms with Crippen molar-refractivity contribution in [2.24, 2.45) is 0 Å². The van der Waals surface area contributed by atoms with Crippen LogP contribution >= 0.6 is 7.82 Å². The summed E-state index contributed by atoms with van der Waals surface area (Å²) in [4.78, 5) is 26.7. The highest BCUT2D eigenvalue weighted by Gasteiger charge is 2.22. The van der Waals surface area contributed by atoms with Crippen LogP contribution in [-0.4, -0.2) is 28.3 Å². The van der Waals surface area contributed by atoms with E-state index in [2.05, 4.69) is 9.84 Å². The summed E-state index contributed by atoms with van der Waals surface area (Å²) >= 11 is 0. The Balaban J connectivity index is 3.94. The Kier molecular flexibility index (Phi) is 4.41. The van der Waals surface area contributed by atoms with Crippen molar-refractivity contribution in [1.29, 1.82) is 0 Å². The Labute approximate surface area is 70.2 Å². The van der Waals surface area contributed by atoms with Gasteiger partial charge in [0.25, 0.3) is 0 Å². The fourth-order valence-electron chi connectivity index (χ4n) is 0.551. The second-order valence-corrected chi connectivity index (χ2v) is 3.57. The van der Waals surface area contributed by atoms with E-state index in [1.807, 2.05) is 0 Å². The number of phosphoric ester groups is 1. The third-order valence-corrected chi connectivity index (χ3v) is 1.95. The highest BCUT2D eigenvalue weighted by Crippen LogP contribution is 2.37. The average molecular weight is 197 g/mol. The van der Waals surface area contributed by atoms with Crippen molar-refractivity contribution < 1.29 is 23.7 Å². The number of phosphoric acid groups is 1. The van der Waals surface area contributed by atoms with E-state index in [0.717, 1.165) is 0 Å². The Morgan fingerprint density at radius 2 is 2.00 bits per heavy atom. The number of carbonyl (C=O) groups is 1. The van der Waals surface area contributed by atoms with Crippen LogP contribution in [0.4, 0.5) is 0 Å². The van der Waals surface area contributed by atoms with Gasteiger partial charge in [0.2, 0.25) is 6.41 Å². The monoisotopic (exact) mass is 197 g/mol. The van der Waals surface area contributed by atoms with Crippen LogP contribution in [0.2, 0.25) is 0 Å². The van der Waals surface area contributed by atoms with Crippen molar-refractivity contribution in [2.45, 2.75) is 26.0 Å². The van der Waals surface area contributed by atoms with Gasteiger partial charge in [0.15, 0.2) is 0 Å². The van der Waals surface area contributed by atoms with E-state index in [1.54, 1.807) is 6.92 Å². The summed E-state index contributed by atoms with van der Waals surface area (Å²) in [5, 5.41) is 2.32. The molecular weight excluding hydrogens is 185 g/mol. The lowest BCUT2D eigenvalue weighted by molar-refractivity contribution is -0.110. The van der Waals surface area contributed by atoms with Crippen molar-refractivity contribution >= 4 is 14.2 Å². The summed E-state index contributed by atoms with van der Waals surface area (Å²) in [7, 11) is -4.46. The molecule has 0 aromatic heterocycles. The summed E-state index contributed by atoms with van der Waals surface area (Å²) in [6.45, 7) is 3.04. The summed E-state index contributed by atoms with van der Waals surface area (Å²) < 4.78 is 14.6. The van der Waals surface area contributed by atoms with Gasteiger partial charge in [0, 0.05) is 0 Å². The van der Waals surface area contributed by atoms with Crippen molar-refractivity contribution in [3.05, 3.63) is 0 Å². The molecule has 1 amide bonds. The lowest BCUT2D eigenvalue weighted by Crippen LogP contribution is -2.35. The number of hydrogen-bond acceptors (Lipinski definition) is 3. The highest BCUT2D eigenvalue weighted by atomic mass is 31.2. The van der Waals surface area contributed by atoms with Crippen LogP contribution in [0.15, 0.2) is 0 Å². The SMILES string of the molecule is CC(OP(=O)(O)O)[C@@H](C)NC=O. The van der Waals surface area contributed by atoms with Gasteiger partial charge in [0.05, 0.1) is 12.1 Å². The first-order valence-electron chi connectivity index (χ1n) is 3.30. The van der Waals surface area contributed by atoms with Crippen molar-refractivity contribution in [3.8, 4) is 0 Å². The summed E-state index contributed by atoms with van der Waals surface area (Å²) in [6.07, 6.45) is -0.277. The molecule has 0 aliphatic carbocycles. The molecule has 0 saturated heterocycles. The van der Waals surface area contributed by atoms with Gasteiger partial charge >= 0.3 is 7.82 Å². The van der Waals surface area contributed by atoms with Crippen LogP contribution < -0.4 is 5.32 Å². The van der Waals surface area contributed by atoms with Crippen LogP contribution in [0, 0.1) is 0 Å². The Hall–Kier alpha value is -0.420. The van der Waals surface area contributed by atoms with E-state index < -0.39 is 20.0 Å². The van der Waals surface area contributed by atoms with Gasteiger partial charge in [-0.05, 0) is 13.8 Å². The molecule has 72 valence electrons. The van der Waals surface area contributed by atoms with E-state index in [9.17, 15) is 9.36 Å². The van der Waals surface area contributed by atoms with E-state index in [4.69, 9.17) is 9.79 Å². The largest absolute Gasteiger partial charge is 0.469 e. The second-order valence-electron chi connectivity index (χ2n) is 2.37. The van der Waals surface area contributed by atoms with Gasteiger partial charge in [0.1, 0.15) is 0 Å². The van der Waals surface area contributed by atoms with Crippen molar-refractivity contribution in [2.75, 3.05) is 0 Å². The molecule has 1 unspecified atom stereocenters. The van der Waals surface area contributed by atoms with Crippen LogP contribution in [0.25, 0.3) is 0 Å². The lowest BCUT2D eigenvalue weighted by atomic mass is 10.2. The predicted molar refractivity (Wildman–Crippen MR) is 41.3 cm³/mol. The molecule has 0 saturated carbocycles. The lowest BCUT2D eigenvalue weighted by Gasteiger charge is -2.19. The summed E-state index contributed by atoms with van der Waals surface area (Å²) in [6, 6.07) is -0.435.